The first kappa shape index (κ1) is 11.0. The topological polar surface area (TPSA) is 34.1 Å². The predicted octanol–water partition coefficient (Wildman–Crippen LogP) is 2.56. The fourth-order valence-corrected chi connectivity index (χ4v) is 7.53. The molecule has 0 heterocycles. The molecule has 19 heavy (non-hydrogen) atoms. The van der Waals surface area contributed by atoms with E-state index in [4.69, 9.17) is 0 Å². The number of Topliss-reactive ketones (excluding diaryl/α,β-unsaturated/α-hetero) is 2. The van der Waals surface area contributed by atoms with E-state index in [9.17, 15) is 9.59 Å². The molecule has 2 nitrogen and oxygen atoms in total. The van der Waals surface area contributed by atoms with Crippen LogP contribution < -0.4 is 0 Å². The van der Waals surface area contributed by atoms with E-state index >= 15 is 0 Å². The highest BCUT2D eigenvalue weighted by Gasteiger charge is 2.71. The number of fused-ring (bicyclic) bond motifs is 12. The first-order valence-electron chi connectivity index (χ1n) is 8.15. The van der Waals surface area contributed by atoms with Crippen LogP contribution in [0, 0.1) is 59.2 Å². The number of rotatable bonds is 0. The largest absolute Gasteiger partial charge is 0.299 e. The van der Waals surface area contributed by atoms with Crippen molar-refractivity contribution in [2.75, 3.05) is 0 Å². The van der Waals surface area contributed by atoms with Crippen LogP contribution in [0.3, 0.4) is 0 Å². The Labute approximate surface area is 114 Å². The summed E-state index contributed by atoms with van der Waals surface area (Å²) in [5.41, 5.74) is 0. The Hall–Kier alpha value is -0.660. The lowest BCUT2D eigenvalue weighted by Crippen LogP contribution is -2.43. The molecule has 2 heteroatoms. The minimum Gasteiger partial charge on any atom is -0.299 e. The maximum atomic E-state index is 12.2. The molecular formula is C17H22O2. The minimum absolute atomic E-state index is 0.153. The smallest absolute Gasteiger partial charge is 0.144 e. The summed E-state index contributed by atoms with van der Waals surface area (Å²) < 4.78 is 0. The van der Waals surface area contributed by atoms with Crippen molar-refractivity contribution in [2.24, 2.45) is 59.2 Å². The van der Waals surface area contributed by atoms with Crippen LogP contribution in [0.15, 0.2) is 0 Å². The van der Waals surface area contributed by atoms with Crippen LogP contribution in [-0.2, 0) is 9.59 Å². The molecule has 0 saturated heterocycles. The van der Waals surface area contributed by atoms with E-state index < -0.39 is 0 Å². The molecule has 5 saturated carbocycles. The molecule has 0 aromatic heterocycles. The van der Waals surface area contributed by atoms with Gasteiger partial charge in [0.1, 0.15) is 11.6 Å². The third-order valence-corrected chi connectivity index (χ3v) is 8.09. The Bertz CT molecular complexity index is 453. The van der Waals surface area contributed by atoms with Crippen LogP contribution >= 0.6 is 0 Å². The van der Waals surface area contributed by atoms with E-state index in [1.807, 2.05) is 0 Å². The van der Waals surface area contributed by atoms with Gasteiger partial charge in [-0.25, -0.2) is 0 Å². The van der Waals surface area contributed by atoms with Crippen molar-refractivity contribution in [3.8, 4) is 0 Å². The standard InChI is InChI=1S/C17H22O2/c1-6-7(2)9-3-8(6)14-10-4-11(15(9)14)17-13(19)5-12(18)16(10)17/h6-11,14-17H,3-5H2,1-2H3. The number of carbonyl (C=O) groups excluding carboxylic acids is 2. The zero-order valence-electron chi connectivity index (χ0n) is 11.7. The van der Waals surface area contributed by atoms with E-state index in [-0.39, 0.29) is 18.3 Å². The van der Waals surface area contributed by atoms with Gasteiger partial charge in [-0.1, -0.05) is 13.8 Å². The Morgan fingerprint density at radius 3 is 1.63 bits per heavy atom. The van der Waals surface area contributed by atoms with Gasteiger partial charge in [0, 0.05) is 11.8 Å². The first-order valence-corrected chi connectivity index (χ1v) is 8.15. The highest BCUT2D eigenvalue weighted by Crippen LogP contribution is 2.73. The number of carbonyl (C=O) groups is 2. The second-order valence-corrected chi connectivity index (χ2v) is 8.16. The molecular weight excluding hydrogens is 236 g/mol. The van der Waals surface area contributed by atoms with Crippen molar-refractivity contribution >= 4 is 11.6 Å². The number of hydrogen-bond donors (Lipinski definition) is 0. The normalized spacial score (nSPS) is 64.9. The van der Waals surface area contributed by atoms with Gasteiger partial charge in [0.25, 0.3) is 0 Å². The summed E-state index contributed by atoms with van der Waals surface area (Å²) in [6.45, 7) is 4.85. The average molecular weight is 258 g/mol. The summed E-state index contributed by atoms with van der Waals surface area (Å²) in [4.78, 5) is 24.4. The highest BCUT2D eigenvalue weighted by atomic mass is 16.2. The molecule has 5 rings (SSSR count). The molecule has 0 radical (unpaired) electrons. The fourth-order valence-electron chi connectivity index (χ4n) is 7.53. The monoisotopic (exact) mass is 258 g/mol. The second kappa shape index (κ2) is 3.15. The number of hydrogen-bond acceptors (Lipinski definition) is 2. The third kappa shape index (κ3) is 1.02. The Kier molecular flexibility index (Phi) is 1.83. The molecule has 10 unspecified atom stereocenters. The van der Waals surface area contributed by atoms with Gasteiger partial charge in [0.05, 0.1) is 6.42 Å². The van der Waals surface area contributed by atoms with Gasteiger partial charge >= 0.3 is 0 Å². The Balaban J connectivity index is 1.59. The summed E-state index contributed by atoms with van der Waals surface area (Å²) >= 11 is 0. The van der Waals surface area contributed by atoms with Crippen LogP contribution in [0.25, 0.3) is 0 Å². The van der Waals surface area contributed by atoms with Crippen molar-refractivity contribution < 1.29 is 9.59 Å². The van der Waals surface area contributed by atoms with Crippen molar-refractivity contribution in [3.63, 3.8) is 0 Å². The highest BCUT2D eigenvalue weighted by molar-refractivity contribution is 6.09. The molecule has 10 atom stereocenters. The van der Waals surface area contributed by atoms with Crippen LogP contribution in [0.2, 0.25) is 0 Å². The van der Waals surface area contributed by atoms with Crippen LogP contribution in [0.4, 0.5) is 0 Å². The quantitative estimate of drug-likeness (QED) is 0.494. The van der Waals surface area contributed by atoms with Gasteiger partial charge < -0.3 is 0 Å². The molecule has 0 N–H and O–H groups in total. The van der Waals surface area contributed by atoms with Gasteiger partial charge in [-0.2, -0.15) is 0 Å². The van der Waals surface area contributed by atoms with E-state index in [2.05, 4.69) is 13.8 Å². The van der Waals surface area contributed by atoms with Gasteiger partial charge in [0.2, 0.25) is 0 Å². The van der Waals surface area contributed by atoms with Gasteiger partial charge in [-0.05, 0) is 60.2 Å². The minimum atomic E-state index is 0.153. The molecule has 0 aliphatic heterocycles. The molecule has 0 spiro atoms. The lowest BCUT2D eigenvalue weighted by atomic mass is 9.60. The van der Waals surface area contributed by atoms with Crippen molar-refractivity contribution in [3.05, 3.63) is 0 Å². The van der Waals surface area contributed by atoms with Crippen LogP contribution in [0.5, 0.6) is 0 Å². The molecule has 102 valence electrons. The molecule has 5 aliphatic carbocycles. The SMILES string of the molecule is CC1C(C)C2CC1C1C3CC(C4C(=O)CC(=O)C34)C21. The second-order valence-electron chi connectivity index (χ2n) is 8.16. The van der Waals surface area contributed by atoms with Crippen LogP contribution in [0.1, 0.15) is 33.1 Å². The lowest BCUT2D eigenvalue weighted by Gasteiger charge is -2.44. The van der Waals surface area contributed by atoms with Gasteiger partial charge in [0.15, 0.2) is 0 Å². The maximum Gasteiger partial charge on any atom is 0.144 e. The maximum absolute atomic E-state index is 12.2. The molecule has 0 aromatic rings. The summed E-state index contributed by atoms with van der Waals surface area (Å²) in [6.07, 6.45) is 2.86. The Morgan fingerprint density at radius 2 is 1.16 bits per heavy atom. The van der Waals surface area contributed by atoms with Crippen molar-refractivity contribution in [1.29, 1.82) is 0 Å². The van der Waals surface area contributed by atoms with E-state index in [1.165, 1.54) is 12.8 Å². The summed E-state index contributed by atoms with van der Waals surface area (Å²) in [5.74, 6) is 7.10. The van der Waals surface area contributed by atoms with Gasteiger partial charge in [-0.15, -0.1) is 0 Å². The lowest BCUT2D eigenvalue weighted by molar-refractivity contribution is -0.125. The van der Waals surface area contributed by atoms with E-state index in [0.717, 1.165) is 35.5 Å². The van der Waals surface area contributed by atoms with Crippen molar-refractivity contribution in [2.45, 2.75) is 33.1 Å². The van der Waals surface area contributed by atoms with E-state index in [0.29, 0.717) is 23.4 Å². The zero-order valence-corrected chi connectivity index (χ0v) is 11.7. The molecule has 5 fully saturated rings. The fraction of sp³-hybridized carbons (Fsp3) is 0.882. The zero-order chi connectivity index (χ0) is 13.0. The molecule has 0 amide bonds. The summed E-state index contributed by atoms with van der Waals surface area (Å²) in [7, 11) is 0. The molecule has 0 aromatic carbocycles. The third-order valence-electron chi connectivity index (χ3n) is 8.09. The van der Waals surface area contributed by atoms with Crippen molar-refractivity contribution in [1.82, 2.24) is 0 Å². The van der Waals surface area contributed by atoms with E-state index in [1.54, 1.807) is 0 Å². The molecule has 5 aliphatic rings. The Morgan fingerprint density at radius 1 is 0.737 bits per heavy atom. The van der Waals surface area contributed by atoms with Crippen LogP contribution in [-0.4, -0.2) is 11.6 Å². The predicted molar refractivity (Wildman–Crippen MR) is 70.1 cm³/mol. The average Bonchev–Trinajstić information content (AvgIpc) is 3.09. The first-order chi connectivity index (χ1) is 9.09. The van der Waals surface area contributed by atoms with Gasteiger partial charge in [-0.3, -0.25) is 9.59 Å². The molecule has 4 bridgehead atoms. The summed E-state index contributed by atoms with van der Waals surface area (Å²) in [5, 5.41) is 0. The number of ketones is 2. The summed E-state index contributed by atoms with van der Waals surface area (Å²) in [6, 6.07) is 0.